The minimum absolute atomic E-state index is 0.0264. The highest BCUT2D eigenvalue weighted by Crippen LogP contribution is 2.32. The van der Waals surface area contributed by atoms with Crippen LogP contribution in [-0.2, 0) is 14.3 Å². The Bertz CT molecular complexity index is 786. The van der Waals surface area contributed by atoms with Gasteiger partial charge >= 0.3 is 18.1 Å². The molecular weight excluding hydrogens is 417 g/mol. The van der Waals surface area contributed by atoms with Gasteiger partial charge in [0.2, 0.25) is 0 Å². The first kappa shape index (κ1) is 27.2. The van der Waals surface area contributed by atoms with Gasteiger partial charge in [-0.15, -0.1) is 0 Å². The van der Waals surface area contributed by atoms with Crippen molar-refractivity contribution in [2.24, 2.45) is 5.73 Å². The second-order valence-corrected chi connectivity index (χ2v) is 8.27. The zero-order valence-electron chi connectivity index (χ0n) is 19.9. The molecule has 0 aliphatic carbocycles. The molecule has 1 fully saturated rings. The fourth-order valence-corrected chi connectivity index (χ4v) is 3.37. The number of methoxy groups -OCH3 is 1. The third kappa shape index (κ3) is 8.01. The Balaban J connectivity index is 0.00000249. The number of amides is 3. The summed E-state index contributed by atoms with van der Waals surface area (Å²) in [5.74, 6) is -1.03. The van der Waals surface area contributed by atoms with E-state index >= 15 is 0 Å². The molecule has 1 aliphatic heterocycles. The minimum Gasteiger partial charge on any atom is -0.469 e. The second kappa shape index (κ2) is 12.3. The smallest absolute Gasteiger partial charge is 0.410 e. The van der Waals surface area contributed by atoms with Crippen LogP contribution in [0.3, 0.4) is 0 Å². The number of nitrogens with zero attached hydrogens (tertiary/aromatic N) is 2. The van der Waals surface area contributed by atoms with Gasteiger partial charge in [0.05, 0.1) is 19.2 Å². The lowest BCUT2D eigenvalue weighted by Gasteiger charge is -2.34. The number of nitrogens with two attached hydrogens (primary N) is 1. The van der Waals surface area contributed by atoms with Crippen LogP contribution in [0.1, 0.15) is 65.4 Å². The largest absolute Gasteiger partial charge is 0.469 e. The molecule has 32 heavy (non-hydrogen) atoms. The molecule has 2 N–H and O–H groups in total. The van der Waals surface area contributed by atoms with Gasteiger partial charge in [0, 0.05) is 19.6 Å². The topological polar surface area (TPSA) is 102 Å². The van der Waals surface area contributed by atoms with Crippen molar-refractivity contribution in [2.45, 2.75) is 65.4 Å². The van der Waals surface area contributed by atoms with Gasteiger partial charge in [0.1, 0.15) is 11.4 Å². The number of carbonyl (C=O) groups is 3. The molecule has 0 radical (unpaired) electrons. The number of rotatable bonds is 5. The number of likely N-dealkylation sites (tertiary alicyclic amines) is 1. The van der Waals surface area contributed by atoms with Crippen LogP contribution in [0, 0.1) is 5.82 Å². The van der Waals surface area contributed by atoms with Gasteiger partial charge in [-0.05, 0) is 57.2 Å². The molecule has 8 nitrogen and oxygen atoms in total. The third-order valence-electron chi connectivity index (χ3n) is 4.91. The molecule has 2 rings (SSSR count). The van der Waals surface area contributed by atoms with Gasteiger partial charge in [0.25, 0.3) is 0 Å². The molecule has 180 valence electrons. The lowest BCUT2D eigenvalue weighted by molar-refractivity contribution is -0.140. The zero-order chi connectivity index (χ0) is 24.5. The van der Waals surface area contributed by atoms with Crippen molar-refractivity contribution in [2.75, 3.05) is 31.6 Å². The Hall–Kier alpha value is -2.84. The molecule has 1 saturated heterocycles. The number of carbonyl (C=O) groups excluding carboxylic acids is 3. The molecule has 0 atom stereocenters. The molecule has 0 unspecified atom stereocenters. The predicted molar refractivity (Wildman–Crippen MR) is 121 cm³/mol. The summed E-state index contributed by atoms with van der Waals surface area (Å²) >= 11 is 0. The van der Waals surface area contributed by atoms with Gasteiger partial charge < -0.3 is 20.1 Å². The van der Waals surface area contributed by atoms with Crippen molar-refractivity contribution in [1.82, 2.24) is 4.90 Å². The first-order chi connectivity index (χ1) is 15.0. The maximum atomic E-state index is 14.4. The van der Waals surface area contributed by atoms with E-state index in [0.29, 0.717) is 25.9 Å². The minimum atomic E-state index is -0.852. The number of ether oxygens (including phenoxy) is 2. The van der Waals surface area contributed by atoms with Crippen molar-refractivity contribution in [3.05, 3.63) is 29.6 Å². The molecule has 3 amide bonds. The summed E-state index contributed by atoms with van der Waals surface area (Å²) in [4.78, 5) is 38.2. The number of piperidine rings is 1. The van der Waals surface area contributed by atoms with Gasteiger partial charge in [-0.1, -0.05) is 19.9 Å². The monoisotopic (exact) mass is 453 g/mol. The van der Waals surface area contributed by atoms with Gasteiger partial charge in [0.15, 0.2) is 0 Å². The van der Waals surface area contributed by atoms with Crippen LogP contribution in [0.25, 0.3) is 0 Å². The maximum absolute atomic E-state index is 14.4. The molecule has 0 aromatic heterocycles. The first-order valence-electron chi connectivity index (χ1n) is 10.9. The van der Waals surface area contributed by atoms with Crippen LogP contribution in [0.4, 0.5) is 19.7 Å². The predicted octanol–water partition coefficient (Wildman–Crippen LogP) is 4.41. The summed E-state index contributed by atoms with van der Waals surface area (Å²) < 4.78 is 24.4. The SMILES string of the molecule is CC.COC(=O)CCN(C(N)=O)c1cc(C2CCN(C(=O)OC(C)(C)C)CC2)ccc1F. The van der Waals surface area contributed by atoms with Crippen molar-refractivity contribution in [3.63, 3.8) is 0 Å². The normalized spacial score (nSPS) is 14.2. The molecule has 9 heteroatoms. The Morgan fingerprint density at radius 1 is 1.19 bits per heavy atom. The number of urea groups is 1. The van der Waals surface area contributed by atoms with E-state index in [0.717, 1.165) is 10.5 Å². The van der Waals surface area contributed by atoms with Gasteiger partial charge in [-0.25, -0.2) is 14.0 Å². The Kier molecular flexibility index (Phi) is 10.4. The maximum Gasteiger partial charge on any atom is 0.410 e. The molecule has 1 heterocycles. The van der Waals surface area contributed by atoms with Crippen molar-refractivity contribution < 1.29 is 28.2 Å². The van der Waals surface area contributed by atoms with Crippen LogP contribution in [-0.4, -0.2) is 55.3 Å². The Labute approximate surface area is 189 Å². The van der Waals surface area contributed by atoms with Crippen LogP contribution in [0.15, 0.2) is 18.2 Å². The number of benzene rings is 1. The summed E-state index contributed by atoms with van der Waals surface area (Å²) in [7, 11) is 1.24. The number of hydrogen-bond acceptors (Lipinski definition) is 5. The number of primary amides is 1. The quantitative estimate of drug-likeness (QED) is 0.665. The summed E-state index contributed by atoms with van der Waals surface area (Å²) in [6, 6.07) is 3.70. The highest BCUT2D eigenvalue weighted by molar-refractivity contribution is 5.91. The summed E-state index contributed by atoms with van der Waals surface area (Å²) in [6.45, 7) is 10.4. The van der Waals surface area contributed by atoms with Gasteiger partial charge in [-0.2, -0.15) is 0 Å². The van der Waals surface area contributed by atoms with E-state index in [9.17, 15) is 18.8 Å². The van der Waals surface area contributed by atoms with Crippen molar-refractivity contribution in [1.29, 1.82) is 0 Å². The van der Waals surface area contributed by atoms with Gasteiger partial charge in [-0.3, -0.25) is 9.69 Å². The number of halogens is 1. The average molecular weight is 454 g/mol. The van der Waals surface area contributed by atoms with E-state index in [1.54, 1.807) is 17.0 Å². The molecule has 0 bridgehead atoms. The average Bonchev–Trinajstić information content (AvgIpc) is 2.75. The molecule has 1 aromatic carbocycles. The Morgan fingerprint density at radius 2 is 1.78 bits per heavy atom. The molecule has 0 spiro atoms. The highest BCUT2D eigenvalue weighted by atomic mass is 19.1. The van der Waals surface area contributed by atoms with Crippen LogP contribution in [0.5, 0.6) is 0 Å². The zero-order valence-corrected chi connectivity index (χ0v) is 19.9. The lowest BCUT2D eigenvalue weighted by atomic mass is 9.89. The van der Waals surface area contributed by atoms with E-state index in [2.05, 4.69) is 4.74 Å². The second-order valence-electron chi connectivity index (χ2n) is 8.27. The van der Waals surface area contributed by atoms with E-state index in [1.807, 2.05) is 34.6 Å². The van der Waals surface area contributed by atoms with E-state index in [-0.39, 0.29) is 30.7 Å². The summed E-state index contributed by atoms with van der Waals surface area (Å²) in [5.41, 5.74) is 5.73. The standard InChI is InChI=1S/C21H30FN3O5.C2H6/c1-21(2,3)30-20(28)24-10-7-14(8-11-24)15-5-6-16(22)17(13-15)25(19(23)27)12-9-18(26)29-4;1-2/h5-6,13-14H,7-12H2,1-4H3,(H2,23,27);1-2H3. The Morgan fingerprint density at radius 3 is 2.28 bits per heavy atom. The molecule has 1 aliphatic rings. The molecule has 1 aromatic rings. The molecule has 0 saturated carbocycles. The fraction of sp³-hybridized carbons (Fsp3) is 0.609. The number of anilines is 1. The lowest BCUT2D eigenvalue weighted by Crippen LogP contribution is -2.41. The number of esters is 1. The first-order valence-corrected chi connectivity index (χ1v) is 10.9. The number of hydrogen-bond donors (Lipinski definition) is 1. The van der Waals surface area contributed by atoms with E-state index in [1.165, 1.54) is 13.2 Å². The van der Waals surface area contributed by atoms with E-state index in [4.69, 9.17) is 10.5 Å². The van der Waals surface area contributed by atoms with Crippen LogP contribution in [0.2, 0.25) is 0 Å². The van der Waals surface area contributed by atoms with E-state index < -0.39 is 23.4 Å². The molecular formula is C23H36FN3O5. The van der Waals surface area contributed by atoms with Crippen LogP contribution >= 0.6 is 0 Å². The summed E-state index contributed by atoms with van der Waals surface area (Å²) in [6.07, 6.45) is 0.923. The third-order valence-corrected chi connectivity index (χ3v) is 4.91. The summed E-state index contributed by atoms with van der Waals surface area (Å²) in [5, 5.41) is 0. The fourth-order valence-electron chi connectivity index (χ4n) is 3.37. The van der Waals surface area contributed by atoms with Crippen molar-refractivity contribution >= 4 is 23.8 Å². The van der Waals surface area contributed by atoms with Crippen LogP contribution < -0.4 is 10.6 Å². The van der Waals surface area contributed by atoms with Crippen molar-refractivity contribution in [3.8, 4) is 0 Å². The highest BCUT2D eigenvalue weighted by Gasteiger charge is 2.28.